The number of likely N-dealkylation sites (tertiary alicyclic amines) is 1. The Morgan fingerprint density at radius 3 is 2.83 bits per heavy atom. The van der Waals surface area contributed by atoms with Crippen molar-refractivity contribution in [3.63, 3.8) is 0 Å². The van der Waals surface area contributed by atoms with Crippen molar-refractivity contribution in [2.24, 2.45) is 0 Å². The van der Waals surface area contributed by atoms with E-state index in [1.165, 1.54) is 11.1 Å². The first-order valence-corrected chi connectivity index (χ1v) is 8.18. The van der Waals surface area contributed by atoms with Crippen LogP contribution in [-0.4, -0.2) is 41.3 Å². The lowest BCUT2D eigenvalue weighted by molar-refractivity contribution is -0.126. The van der Waals surface area contributed by atoms with Gasteiger partial charge in [0.25, 0.3) is 5.91 Å². The molecule has 1 atom stereocenters. The molecule has 1 aromatic heterocycles. The van der Waals surface area contributed by atoms with E-state index in [0.29, 0.717) is 18.4 Å². The minimum absolute atomic E-state index is 0.0869. The Hall–Kier alpha value is -2.63. The molecular weight excluding hydrogens is 306 g/mol. The molecule has 0 unspecified atom stereocenters. The van der Waals surface area contributed by atoms with Gasteiger partial charge in [0.1, 0.15) is 11.6 Å². The molecule has 126 valence electrons. The van der Waals surface area contributed by atoms with Crippen molar-refractivity contribution in [3.8, 4) is 0 Å². The van der Waals surface area contributed by atoms with Crippen LogP contribution in [-0.2, 0) is 4.79 Å². The molecular formula is C18H21N3O3. The van der Waals surface area contributed by atoms with Crippen LogP contribution in [0, 0.1) is 6.92 Å². The molecule has 24 heavy (non-hydrogen) atoms. The monoisotopic (exact) mass is 327 g/mol. The van der Waals surface area contributed by atoms with Crippen LogP contribution >= 0.6 is 0 Å². The zero-order valence-electron chi connectivity index (χ0n) is 13.9. The lowest BCUT2D eigenvalue weighted by Gasteiger charge is -2.34. The number of nitrogens with one attached hydrogen (secondary N) is 2. The Bertz CT molecular complexity index is 856. The molecule has 1 saturated heterocycles. The molecule has 0 spiro atoms. The Morgan fingerprint density at radius 2 is 2.08 bits per heavy atom. The predicted octanol–water partition coefficient (Wildman–Crippen LogP) is 1.58. The number of hydrogen-bond acceptors (Lipinski definition) is 3. The Balaban J connectivity index is 2.03. The van der Waals surface area contributed by atoms with E-state index in [2.05, 4.69) is 10.3 Å². The van der Waals surface area contributed by atoms with E-state index in [-0.39, 0.29) is 22.8 Å². The number of hydrogen-bond donors (Lipinski definition) is 2. The van der Waals surface area contributed by atoms with E-state index in [1.54, 1.807) is 19.2 Å². The molecule has 1 aliphatic heterocycles. The van der Waals surface area contributed by atoms with E-state index in [0.717, 1.165) is 23.9 Å². The molecule has 6 nitrogen and oxygen atoms in total. The fourth-order valence-corrected chi connectivity index (χ4v) is 3.33. The summed E-state index contributed by atoms with van der Waals surface area (Å²) in [6.07, 6.45) is 3.82. The first-order chi connectivity index (χ1) is 11.5. The third-order valence-corrected chi connectivity index (χ3v) is 4.67. The first kappa shape index (κ1) is 16.2. The van der Waals surface area contributed by atoms with Crippen LogP contribution in [0.25, 0.3) is 10.9 Å². The highest BCUT2D eigenvalue weighted by atomic mass is 16.2. The fraction of sp³-hybridized carbons (Fsp3) is 0.389. The highest BCUT2D eigenvalue weighted by Crippen LogP contribution is 2.20. The highest BCUT2D eigenvalue weighted by Gasteiger charge is 2.33. The van der Waals surface area contributed by atoms with Crippen molar-refractivity contribution < 1.29 is 9.59 Å². The van der Waals surface area contributed by atoms with E-state index < -0.39 is 6.04 Å². The summed E-state index contributed by atoms with van der Waals surface area (Å²) in [7, 11) is 1.56. The number of pyridine rings is 1. The second-order valence-corrected chi connectivity index (χ2v) is 6.15. The summed E-state index contributed by atoms with van der Waals surface area (Å²) in [4.78, 5) is 42.3. The molecule has 0 aliphatic carbocycles. The summed E-state index contributed by atoms with van der Waals surface area (Å²) < 4.78 is 0. The number of piperidine rings is 1. The number of carbonyl (C=O) groups is 2. The quantitative estimate of drug-likeness (QED) is 0.878. The van der Waals surface area contributed by atoms with Gasteiger partial charge in [0, 0.05) is 25.2 Å². The van der Waals surface area contributed by atoms with Crippen molar-refractivity contribution in [2.45, 2.75) is 32.2 Å². The maximum atomic E-state index is 12.9. The van der Waals surface area contributed by atoms with Crippen molar-refractivity contribution >= 4 is 22.7 Å². The molecule has 2 amide bonds. The molecule has 6 heteroatoms. The SMILES string of the molecule is CNC(=O)[C@H]1CCCCN1C(=O)c1c[nH]c2c(C)cccc2c1=O. The van der Waals surface area contributed by atoms with Crippen LogP contribution in [0.5, 0.6) is 0 Å². The number of fused-ring (bicyclic) bond motifs is 1. The fourth-order valence-electron chi connectivity index (χ4n) is 3.33. The molecule has 2 heterocycles. The molecule has 0 bridgehead atoms. The van der Waals surface area contributed by atoms with E-state index in [1.807, 2.05) is 13.0 Å². The molecule has 2 N–H and O–H groups in total. The van der Waals surface area contributed by atoms with Crippen LogP contribution in [0.4, 0.5) is 0 Å². The Kier molecular flexibility index (Phi) is 4.38. The van der Waals surface area contributed by atoms with Gasteiger partial charge in [-0.2, -0.15) is 0 Å². The molecule has 2 aromatic rings. The number of aromatic nitrogens is 1. The van der Waals surface area contributed by atoms with Gasteiger partial charge in [-0.15, -0.1) is 0 Å². The lowest BCUT2D eigenvalue weighted by atomic mass is 9.99. The average Bonchev–Trinajstić information content (AvgIpc) is 2.61. The lowest BCUT2D eigenvalue weighted by Crippen LogP contribution is -2.52. The topological polar surface area (TPSA) is 82.3 Å². The number of carbonyl (C=O) groups excluding carboxylic acids is 2. The summed E-state index contributed by atoms with van der Waals surface area (Å²) in [5.41, 5.74) is 1.48. The number of para-hydroxylation sites is 1. The number of H-pyrrole nitrogens is 1. The summed E-state index contributed by atoms with van der Waals surface area (Å²) in [5, 5.41) is 3.10. The smallest absolute Gasteiger partial charge is 0.260 e. The largest absolute Gasteiger partial charge is 0.360 e. The second-order valence-electron chi connectivity index (χ2n) is 6.15. The average molecular weight is 327 g/mol. The van der Waals surface area contributed by atoms with Gasteiger partial charge in [-0.05, 0) is 37.8 Å². The zero-order chi connectivity index (χ0) is 17.3. The summed E-state index contributed by atoms with van der Waals surface area (Å²) >= 11 is 0. The number of aromatic amines is 1. The Morgan fingerprint density at radius 1 is 1.29 bits per heavy atom. The molecule has 1 aliphatic rings. The molecule has 1 aromatic carbocycles. The minimum Gasteiger partial charge on any atom is -0.360 e. The molecule has 3 rings (SSSR count). The molecule has 0 radical (unpaired) electrons. The maximum Gasteiger partial charge on any atom is 0.260 e. The summed E-state index contributed by atoms with van der Waals surface area (Å²) in [6.45, 7) is 2.40. The number of rotatable bonds is 2. The predicted molar refractivity (Wildman–Crippen MR) is 92.0 cm³/mol. The van der Waals surface area contributed by atoms with Crippen LogP contribution < -0.4 is 10.7 Å². The Labute approximate surface area is 139 Å². The van der Waals surface area contributed by atoms with Crippen LogP contribution in [0.2, 0.25) is 0 Å². The van der Waals surface area contributed by atoms with E-state index >= 15 is 0 Å². The number of benzene rings is 1. The second kappa shape index (κ2) is 6.47. The van der Waals surface area contributed by atoms with Crippen molar-refractivity contribution in [2.75, 3.05) is 13.6 Å². The number of likely N-dealkylation sites (N-methyl/N-ethyl adjacent to an activating group) is 1. The van der Waals surface area contributed by atoms with Crippen molar-refractivity contribution in [1.29, 1.82) is 0 Å². The minimum atomic E-state index is -0.510. The standard InChI is InChI=1S/C18H21N3O3/c1-11-6-5-7-12-15(11)20-10-13(16(12)22)18(24)21-9-4-3-8-14(21)17(23)19-2/h5-7,10,14H,3-4,8-9H2,1-2H3,(H,19,23)(H,20,22)/t14-/m1/s1. The third-order valence-electron chi connectivity index (χ3n) is 4.67. The van der Waals surface area contributed by atoms with Crippen LogP contribution in [0.3, 0.4) is 0 Å². The van der Waals surface area contributed by atoms with Crippen LogP contribution in [0.15, 0.2) is 29.2 Å². The normalized spacial score (nSPS) is 17.8. The van der Waals surface area contributed by atoms with Crippen LogP contribution in [0.1, 0.15) is 35.2 Å². The third kappa shape index (κ3) is 2.68. The zero-order valence-corrected chi connectivity index (χ0v) is 13.9. The van der Waals surface area contributed by atoms with Gasteiger partial charge >= 0.3 is 0 Å². The number of amides is 2. The van der Waals surface area contributed by atoms with Crippen molar-refractivity contribution in [3.05, 3.63) is 45.7 Å². The van der Waals surface area contributed by atoms with Gasteiger partial charge in [0.05, 0.1) is 5.52 Å². The van der Waals surface area contributed by atoms with E-state index in [4.69, 9.17) is 0 Å². The molecule has 1 fully saturated rings. The van der Waals surface area contributed by atoms with Gasteiger partial charge in [-0.1, -0.05) is 12.1 Å². The number of nitrogens with zero attached hydrogens (tertiary/aromatic N) is 1. The van der Waals surface area contributed by atoms with E-state index in [9.17, 15) is 14.4 Å². The van der Waals surface area contributed by atoms with Crippen molar-refractivity contribution in [1.82, 2.24) is 15.2 Å². The molecule has 0 saturated carbocycles. The van der Waals surface area contributed by atoms with Gasteiger partial charge < -0.3 is 15.2 Å². The van der Waals surface area contributed by atoms with Gasteiger partial charge in [-0.25, -0.2) is 0 Å². The first-order valence-electron chi connectivity index (χ1n) is 8.18. The van der Waals surface area contributed by atoms with Gasteiger partial charge in [0.15, 0.2) is 0 Å². The summed E-state index contributed by atoms with van der Waals surface area (Å²) in [5.74, 6) is -0.566. The maximum absolute atomic E-state index is 12.9. The highest BCUT2D eigenvalue weighted by molar-refractivity contribution is 6.00. The summed E-state index contributed by atoms with van der Waals surface area (Å²) in [6, 6.07) is 4.91. The number of aryl methyl sites for hydroxylation is 1. The van der Waals surface area contributed by atoms with Gasteiger partial charge in [0.2, 0.25) is 11.3 Å². The van der Waals surface area contributed by atoms with Gasteiger partial charge in [-0.3, -0.25) is 14.4 Å².